The van der Waals surface area contributed by atoms with Crippen LogP contribution in [0.25, 0.3) is 0 Å². The van der Waals surface area contributed by atoms with Gasteiger partial charge in [-0.3, -0.25) is 24.0 Å². The Labute approximate surface area is 358 Å². The lowest BCUT2D eigenvalue weighted by Crippen LogP contribution is -2.46. The molecule has 15 nitrogen and oxygen atoms in total. The van der Waals surface area contributed by atoms with Crippen molar-refractivity contribution < 1.29 is 57.6 Å². The van der Waals surface area contributed by atoms with Crippen LogP contribution in [-0.4, -0.2) is 130 Å². The molecule has 0 spiro atoms. The molecule has 3 amide bonds. The van der Waals surface area contributed by atoms with Gasteiger partial charge < -0.3 is 44.7 Å². The maximum absolute atomic E-state index is 12.3. The molecule has 0 radical (unpaired) electrons. The van der Waals surface area contributed by atoms with Gasteiger partial charge in [0.1, 0.15) is 30.6 Å². The fraction of sp³-hybridized carbons (Fsp3) is 0.860. The van der Waals surface area contributed by atoms with Gasteiger partial charge in [-0.05, 0) is 77.2 Å². The molecule has 16 heteroatoms. The van der Waals surface area contributed by atoms with Gasteiger partial charge in [-0.15, -0.1) is 0 Å². The number of esters is 1. The average molecular weight is 862 g/mol. The van der Waals surface area contributed by atoms with Crippen LogP contribution in [0.5, 0.6) is 0 Å². The summed E-state index contributed by atoms with van der Waals surface area (Å²) in [5.41, 5.74) is -1.01. The highest BCUT2D eigenvalue weighted by atomic mass is 32.2. The van der Waals surface area contributed by atoms with Crippen molar-refractivity contribution in [2.75, 3.05) is 77.5 Å². The summed E-state index contributed by atoms with van der Waals surface area (Å²) in [6.07, 6.45) is 13.7. The molecule has 0 aliphatic heterocycles. The van der Waals surface area contributed by atoms with E-state index in [4.69, 9.17) is 28.8 Å². The van der Waals surface area contributed by atoms with Gasteiger partial charge in [0.25, 0.3) is 0 Å². The number of rotatable bonds is 39. The average Bonchev–Trinajstić information content (AvgIpc) is 3.15. The van der Waals surface area contributed by atoms with Gasteiger partial charge in [0.2, 0.25) is 17.7 Å². The third-order valence-electron chi connectivity index (χ3n) is 8.68. The van der Waals surface area contributed by atoms with Gasteiger partial charge in [0.05, 0.1) is 26.4 Å². The molecule has 0 rings (SSSR count). The fourth-order valence-electron chi connectivity index (χ4n) is 5.36. The molecule has 0 heterocycles. The highest BCUT2D eigenvalue weighted by Crippen LogP contribution is 2.19. The summed E-state index contributed by atoms with van der Waals surface area (Å²) in [6, 6.07) is -1.15. The summed E-state index contributed by atoms with van der Waals surface area (Å²) in [6.45, 7) is 13.8. The Morgan fingerprint density at radius 1 is 0.542 bits per heavy atom. The van der Waals surface area contributed by atoms with Crippen molar-refractivity contribution in [2.24, 2.45) is 5.41 Å². The second-order valence-electron chi connectivity index (χ2n) is 16.6. The predicted molar refractivity (Wildman–Crippen MR) is 230 cm³/mol. The highest BCUT2D eigenvalue weighted by Gasteiger charge is 2.27. The Morgan fingerprint density at radius 2 is 1.02 bits per heavy atom. The van der Waals surface area contributed by atoms with Crippen molar-refractivity contribution in [3.8, 4) is 0 Å². The third-order valence-corrected chi connectivity index (χ3v) is 9.84. The maximum Gasteiger partial charge on any atom is 0.329 e. The maximum atomic E-state index is 12.3. The topological polar surface area (TPSA) is 205 Å². The van der Waals surface area contributed by atoms with E-state index in [1.165, 1.54) is 50.0 Å². The van der Waals surface area contributed by atoms with Crippen LogP contribution in [0.15, 0.2) is 0 Å². The van der Waals surface area contributed by atoms with Crippen LogP contribution >= 0.6 is 11.8 Å². The molecule has 0 saturated carbocycles. The molecule has 0 aromatic heterocycles. The molecule has 0 aliphatic rings. The van der Waals surface area contributed by atoms with Crippen molar-refractivity contribution in [1.82, 2.24) is 16.0 Å². The summed E-state index contributed by atoms with van der Waals surface area (Å²) >= 11 is 2.05. The Hall–Kier alpha value is -2.79. The summed E-state index contributed by atoms with van der Waals surface area (Å²) < 4.78 is 26.9. The van der Waals surface area contributed by atoms with E-state index in [0.717, 1.165) is 38.5 Å². The Kier molecular flexibility index (Phi) is 34.2. The largest absolute Gasteiger partial charge is 0.481 e. The number of hydrogen-bond acceptors (Lipinski definition) is 12. The van der Waals surface area contributed by atoms with Crippen LogP contribution < -0.4 is 16.0 Å². The minimum atomic E-state index is -1.15. The Balaban J connectivity index is 3.52. The molecular weight excluding hydrogens is 783 g/mol. The van der Waals surface area contributed by atoms with Crippen molar-refractivity contribution in [2.45, 2.75) is 156 Å². The van der Waals surface area contributed by atoms with Crippen molar-refractivity contribution in [3.63, 3.8) is 0 Å². The van der Waals surface area contributed by atoms with Gasteiger partial charge in [-0.25, -0.2) is 4.79 Å². The number of nitrogens with one attached hydrogen (secondary N) is 3. The molecule has 59 heavy (non-hydrogen) atoms. The second-order valence-corrected chi connectivity index (χ2v) is 17.9. The van der Waals surface area contributed by atoms with E-state index in [9.17, 15) is 28.8 Å². The van der Waals surface area contributed by atoms with Crippen LogP contribution in [-0.2, 0) is 52.5 Å². The first kappa shape index (κ1) is 56.2. The van der Waals surface area contributed by atoms with Gasteiger partial charge in [0.15, 0.2) is 0 Å². The third kappa shape index (κ3) is 39.1. The van der Waals surface area contributed by atoms with Crippen molar-refractivity contribution >= 4 is 47.2 Å². The molecule has 4 N–H and O–H groups in total. The lowest BCUT2D eigenvalue weighted by atomic mass is 9.88. The number of Topliss-reactive ketones (excluding diaryl/α,β-unsaturated/α-hetero) is 1. The number of hydrogen-bond donors (Lipinski definition) is 4. The first-order valence-corrected chi connectivity index (χ1v) is 22.9. The van der Waals surface area contributed by atoms with Crippen LogP contribution in [0.1, 0.15) is 144 Å². The molecule has 0 fully saturated rings. The van der Waals surface area contributed by atoms with E-state index in [0.29, 0.717) is 71.4 Å². The zero-order valence-electron chi connectivity index (χ0n) is 37.2. The number of carboxylic acids is 1. The first-order chi connectivity index (χ1) is 28.0. The smallest absolute Gasteiger partial charge is 0.329 e. The van der Waals surface area contributed by atoms with Crippen LogP contribution in [0.3, 0.4) is 0 Å². The Bertz CT molecular complexity index is 1160. The predicted octanol–water partition coefficient (Wildman–Crippen LogP) is 5.79. The molecular formula is C43H79N3O12S. The molecule has 0 aliphatic carbocycles. The highest BCUT2D eigenvalue weighted by molar-refractivity contribution is 7.99. The molecule has 1 unspecified atom stereocenters. The fourth-order valence-corrected chi connectivity index (χ4v) is 6.39. The van der Waals surface area contributed by atoms with Gasteiger partial charge in [-0.2, -0.15) is 11.8 Å². The number of ether oxygens (including phenoxy) is 5. The number of carbonyl (C=O) groups is 6. The molecule has 0 aromatic carbocycles. The number of unbranched alkanes of at least 4 members (excludes halogenated alkanes) is 8. The number of aliphatic carboxylic acids is 1. The molecule has 0 aromatic rings. The van der Waals surface area contributed by atoms with E-state index >= 15 is 0 Å². The molecule has 344 valence electrons. The molecule has 0 saturated heterocycles. The van der Waals surface area contributed by atoms with Gasteiger partial charge >= 0.3 is 11.9 Å². The summed E-state index contributed by atoms with van der Waals surface area (Å²) in [4.78, 5) is 71.5. The van der Waals surface area contributed by atoms with E-state index in [1.807, 2.05) is 32.5 Å². The van der Waals surface area contributed by atoms with Gasteiger partial charge in [-0.1, -0.05) is 59.3 Å². The first-order valence-electron chi connectivity index (χ1n) is 21.7. The number of carbonyl (C=O) groups excluding carboxylic acids is 5. The second kappa shape index (κ2) is 35.9. The summed E-state index contributed by atoms with van der Waals surface area (Å²) in [7, 11) is 0. The monoisotopic (exact) mass is 862 g/mol. The number of thioether (sulfide) groups is 1. The van der Waals surface area contributed by atoms with Crippen LogP contribution in [0, 0.1) is 5.41 Å². The lowest BCUT2D eigenvalue weighted by molar-refractivity contribution is -0.159. The molecule has 0 bridgehead atoms. The van der Waals surface area contributed by atoms with Crippen LogP contribution in [0.2, 0.25) is 0 Å². The SMILES string of the molecule is CC(C)(C)OC(=O)C(CCC(=O)O)NC(=O)COCC(=O)NCCCOCCOCCOCCCNC(=O)CCCCCCCSCCCCCCCC(=O)C(C)(C)C. The zero-order valence-corrected chi connectivity index (χ0v) is 38.0. The standard InChI is InChI=1S/C43H79N3O12S/c1-42(2,3)36(47)19-13-9-7-11-15-31-59-32-16-12-8-10-14-20-37(48)44-23-17-25-54-27-29-56-30-28-55-26-18-24-45-38(49)33-57-34-39(50)46-35(21-22-40(51)52)41(53)58-43(4,5)6/h35H,7-34H2,1-6H3,(H,44,48)(H,45,49)(H,46,50)(H,51,52). The van der Waals surface area contributed by atoms with Crippen molar-refractivity contribution in [1.29, 1.82) is 0 Å². The van der Waals surface area contributed by atoms with E-state index < -0.39 is 42.0 Å². The van der Waals surface area contributed by atoms with E-state index in [-0.39, 0.29) is 30.8 Å². The minimum absolute atomic E-state index is 0.100. The number of amides is 3. The van der Waals surface area contributed by atoms with Crippen molar-refractivity contribution in [3.05, 3.63) is 0 Å². The van der Waals surface area contributed by atoms with E-state index in [2.05, 4.69) is 16.0 Å². The lowest BCUT2D eigenvalue weighted by Gasteiger charge is -2.24. The Morgan fingerprint density at radius 3 is 1.54 bits per heavy atom. The zero-order chi connectivity index (χ0) is 44.2. The molecule has 1 atom stereocenters. The van der Waals surface area contributed by atoms with E-state index in [1.54, 1.807) is 20.8 Å². The quantitative estimate of drug-likeness (QED) is 0.0428. The number of carboxylic acid groups (broad SMARTS) is 1. The number of ketones is 1. The van der Waals surface area contributed by atoms with Crippen LogP contribution in [0.4, 0.5) is 0 Å². The summed E-state index contributed by atoms with van der Waals surface area (Å²) in [5, 5.41) is 17.0. The van der Waals surface area contributed by atoms with Gasteiger partial charge in [0, 0.05) is 51.0 Å². The normalized spacial score (nSPS) is 12.2. The summed E-state index contributed by atoms with van der Waals surface area (Å²) in [5.74, 6) is -0.0388. The minimum Gasteiger partial charge on any atom is -0.481 e.